The van der Waals surface area contributed by atoms with Crippen LogP contribution in [-0.2, 0) is 9.47 Å². The summed E-state index contributed by atoms with van der Waals surface area (Å²) >= 11 is 0. The van der Waals surface area contributed by atoms with Crippen LogP contribution < -0.4 is 0 Å². The molecule has 0 bridgehead atoms. The van der Waals surface area contributed by atoms with Crippen molar-refractivity contribution in [1.82, 2.24) is 0 Å². The molecule has 0 radical (unpaired) electrons. The second kappa shape index (κ2) is 6.94. The maximum atomic E-state index is 5.89. The van der Waals surface area contributed by atoms with Gasteiger partial charge < -0.3 is 9.47 Å². The van der Waals surface area contributed by atoms with Gasteiger partial charge in [-0.15, -0.1) is 0 Å². The Morgan fingerprint density at radius 3 is 2.05 bits per heavy atom. The fourth-order valence-corrected chi connectivity index (χ4v) is 7.24. The zero-order valence-electron chi connectivity index (χ0n) is 16.6. The highest BCUT2D eigenvalue weighted by Gasteiger charge is 2.53. The minimum atomic E-state index is -0.318. The van der Waals surface area contributed by atoms with E-state index in [2.05, 4.69) is 41.5 Å². The van der Waals surface area contributed by atoms with E-state index in [-0.39, 0.29) is 10.8 Å². The second-order valence-electron chi connectivity index (χ2n) is 9.99. The van der Waals surface area contributed by atoms with E-state index in [1.807, 2.05) is 14.2 Å². The van der Waals surface area contributed by atoms with Crippen molar-refractivity contribution in [3.05, 3.63) is 0 Å². The molecule has 3 heteroatoms. The maximum Gasteiger partial charge on any atom is 0.169 e. The van der Waals surface area contributed by atoms with Crippen molar-refractivity contribution in [1.29, 1.82) is 0 Å². The predicted molar refractivity (Wildman–Crippen MR) is 99.5 cm³/mol. The van der Waals surface area contributed by atoms with Crippen LogP contribution >= 0.6 is 0 Å². The highest BCUT2D eigenvalue weighted by atomic mass is 28.1. The van der Waals surface area contributed by atoms with Gasteiger partial charge in [0.05, 0.1) is 0 Å². The minimum absolute atomic E-state index is 0.272. The van der Waals surface area contributed by atoms with Crippen molar-refractivity contribution < 1.29 is 9.47 Å². The Labute approximate surface area is 142 Å². The van der Waals surface area contributed by atoms with Crippen molar-refractivity contribution in [3.8, 4) is 0 Å². The molecule has 22 heavy (non-hydrogen) atoms. The molecule has 0 amide bonds. The van der Waals surface area contributed by atoms with Gasteiger partial charge in [0.25, 0.3) is 0 Å². The summed E-state index contributed by atoms with van der Waals surface area (Å²) < 4.78 is 11.8. The van der Waals surface area contributed by atoms with Gasteiger partial charge in [-0.25, -0.2) is 0 Å². The number of methoxy groups -OCH3 is 2. The molecule has 0 saturated heterocycles. The first-order valence-corrected chi connectivity index (χ1v) is 9.99. The van der Waals surface area contributed by atoms with E-state index in [0.29, 0.717) is 10.8 Å². The quantitative estimate of drug-likeness (QED) is 0.504. The van der Waals surface area contributed by atoms with Gasteiger partial charge in [0.1, 0.15) is 0 Å². The zero-order chi connectivity index (χ0) is 17.2. The lowest BCUT2D eigenvalue weighted by atomic mass is 9.70. The van der Waals surface area contributed by atoms with Gasteiger partial charge in [0.2, 0.25) is 0 Å². The third-order valence-corrected chi connectivity index (χ3v) is 7.19. The summed E-state index contributed by atoms with van der Waals surface area (Å²) in [7, 11) is 4.80. The van der Waals surface area contributed by atoms with Gasteiger partial charge in [-0.05, 0) is 48.9 Å². The van der Waals surface area contributed by atoms with Gasteiger partial charge in [0.15, 0.2) is 5.79 Å². The molecule has 2 atom stereocenters. The minimum Gasteiger partial charge on any atom is -0.353 e. The summed E-state index contributed by atoms with van der Waals surface area (Å²) in [6, 6.07) is 0. The van der Waals surface area contributed by atoms with E-state index in [1.54, 1.807) is 0 Å². The van der Waals surface area contributed by atoms with Crippen LogP contribution in [-0.4, -0.2) is 30.2 Å². The van der Waals surface area contributed by atoms with Crippen molar-refractivity contribution in [2.45, 2.75) is 90.9 Å². The van der Waals surface area contributed by atoms with Crippen LogP contribution in [0.3, 0.4) is 0 Å². The molecule has 1 aliphatic rings. The van der Waals surface area contributed by atoms with Gasteiger partial charge >= 0.3 is 0 Å². The molecule has 0 aliphatic heterocycles. The van der Waals surface area contributed by atoms with Crippen LogP contribution in [0, 0.1) is 16.7 Å². The smallest absolute Gasteiger partial charge is 0.169 e. The van der Waals surface area contributed by atoms with Crippen LogP contribution in [0.2, 0.25) is 5.04 Å². The number of hydrogen-bond acceptors (Lipinski definition) is 2. The Morgan fingerprint density at radius 1 is 1.05 bits per heavy atom. The van der Waals surface area contributed by atoms with Gasteiger partial charge in [0, 0.05) is 35.9 Å². The normalized spacial score (nSPS) is 27.3. The number of rotatable bonds is 7. The van der Waals surface area contributed by atoms with Crippen molar-refractivity contribution in [2.24, 2.45) is 16.7 Å². The first-order valence-electron chi connectivity index (χ1n) is 8.99. The van der Waals surface area contributed by atoms with Crippen LogP contribution in [0.25, 0.3) is 0 Å². The van der Waals surface area contributed by atoms with Gasteiger partial charge in [-0.2, -0.15) is 0 Å². The molecule has 0 aromatic carbocycles. The average Bonchev–Trinajstić information content (AvgIpc) is 2.61. The molecule has 132 valence electrons. The molecule has 1 aliphatic carbocycles. The van der Waals surface area contributed by atoms with E-state index >= 15 is 0 Å². The summed E-state index contributed by atoms with van der Waals surface area (Å²) in [5.74, 6) is 0.402. The van der Waals surface area contributed by atoms with Gasteiger partial charge in [-0.3, -0.25) is 0 Å². The lowest BCUT2D eigenvalue weighted by Gasteiger charge is -2.44. The first kappa shape index (κ1) is 20.2. The highest BCUT2D eigenvalue weighted by Crippen LogP contribution is 2.57. The van der Waals surface area contributed by atoms with E-state index in [0.717, 1.165) is 22.6 Å². The molecule has 1 saturated carbocycles. The lowest BCUT2D eigenvalue weighted by Crippen LogP contribution is -2.44. The van der Waals surface area contributed by atoms with E-state index in [9.17, 15) is 0 Å². The Morgan fingerprint density at radius 2 is 1.59 bits per heavy atom. The molecule has 1 fully saturated rings. The largest absolute Gasteiger partial charge is 0.353 e. The standard InChI is InChI=1S/C19H40O2Si/c1-15(12-17(5,6)14-16(2,3)4)13-18(22)10-9-11-19(18,20-7)21-8/h15H,9-14H2,1-8,22H3. The Balaban J connectivity index is 2.73. The predicted octanol–water partition coefficient (Wildman–Crippen LogP) is 4.56. The Kier molecular flexibility index (Phi) is 6.37. The number of ether oxygens (including phenoxy) is 2. The molecule has 2 unspecified atom stereocenters. The molecule has 1 rings (SSSR count). The fourth-order valence-electron chi connectivity index (χ4n) is 5.53. The van der Waals surface area contributed by atoms with E-state index in [4.69, 9.17) is 9.47 Å². The van der Waals surface area contributed by atoms with Crippen molar-refractivity contribution in [2.75, 3.05) is 14.2 Å². The molecule has 0 aromatic heterocycles. The summed E-state index contributed by atoms with van der Waals surface area (Å²) in [5, 5.41) is 0.272. The Bertz CT molecular complexity index is 355. The number of hydrogen-bond donors (Lipinski definition) is 0. The van der Waals surface area contributed by atoms with Crippen molar-refractivity contribution >= 4 is 10.2 Å². The monoisotopic (exact) mass is 328 g/mol. The molecular weight excluding hydrogens is 288 g/mol. The van der Waals surface area contributed by atoms with Crippen LogP contribution in [0.5, 0.6) is 0 Å². The van der Waals surface area contributed by atoms with Crippen LogP contribution in [0.1, 0.15) is 80.1 Å². The van der Waals surface area contributed by atoms with Crippen LogP contribution in [0.4, 0.5) is 0 Å². The molecule has 0 N–H and O–H groups in total. The third kappa shape index (κ3) is 4.81. The maximum absolute atomic E-state index is 5.89. The topological polar surface area (TPSA) is 18.5 Å². The van der Waals surface area contributed by atoms with Gasteiger partial charge in [-0.1, -0.05) is 41.5 Å². The second-order valence-corrected chi connectivity index (χ2v) is 11.9. The first-order chi connectivity index (χ1) is 9.89. The molecular formula is C19H40O2Si. The third-order valence-electron chi connectivity index (χ3n) is 5.52. The summed E-state index contributed by atoms with van der Waals surface area (Å²) in [5.41, 5.74) is 0.801. The summed E-state index contributed by atoms with van der Waals surface area (Å²) in [6.45, 7) is 14.4. The Hall–Kier alpha value is 0.137. The SMILES string of the molecule is COC1(OC)CCCC1([SiH3])CC(C)CC(C)(C)CC(C)(C)C. The molecule has 0 aromatic rings. The van der Waals surface area contributed by atoms with E-state index in [1.165, 1.54) is 32.1 Å². The lowest BCUT2D eigenvalue weighted by molar-refractivity contribution is -0.224. The summed E-state index contributed by atoms with van der Waals surface area (Å²) in [4.78, 5) is 0. The molecule has 2 nitrogen and oxygen atoms in total. The molecule has 0 heterocycles. The summed E-state index contributed by atoms with van der Waals surface area (Å²) in [6.07, 6.45) is 7.38. The molecule has 0 spiro atoms. The van der Waals surface area contributed by atoms with E-state index < -0.39 is 0 Å². The zero-order valence-corrected chi connectivity index (χ0v) is 18.6. The average molecular weight is 329 g/mol. The van der Waals surface area contributed by atoms with Crippen molar-refractivity contribution in [3.63, 3.8) is 0 Å². The fraction of sp³-hybridized carbons (Fsp3) is 1.00. The van der Waals surface area contributed by atoms with Crippen LogP contribution in [0.15, 0.2) is 0 Å². The highest BCUT2D eigenvalue weighted by molar-refractivity contribution is 6.16.